The highest BCUT2D eigenvalue weighted by Gasteiger charge is 2.17. The average Bonchev–Trinajstić information content (AvgIpc) is 2.01. The van der Waals surface area contributed by atoms with Gasteiger partial charge in [-0.1, -0.05) is 29.3 Å². The van der Waals surface area contributed by atoms with Crippen molar-refractivity contribution >= 4 is 12.4 Å². The summed E-state index contributed by atoms with van der Waals surface area (Å²) in [7, 11) is 0. The van der Waals surface area contributed by atoms with E-state index in [1.54, 1.807) is 12.1 Å². The van der Waals surface area contributed by atoms with Crippen molar-refractivity contribution in [2.75, 3.05) is 0 Å². The van der Waals surface area contributed by atoms with E-state index >= 15 is 0 Å². The molecule has 0 unspecified atom stereocenters. The van der Waals surface area contributed by atoms with Crippen LogP contribution in [-0.4, -0.2) is 6.43 Å². The molecule has 0 aliphatic heterocycles. The molecule has 2 N–H and O–H groups in total. The van der Waals surface area contributed by atoms with Gasteiger partial charge in [0.2, 0.25) is 0 Å². The summed E-state index contributed by atoms with van der Waals surface area (Å²) in [5.74, 6) is 0. The van der Waals surface area contributed by atoms with Gasteiger partial charge in [0.25, 0.3) is 6.43 Å². The van der Waals surface area contributed by atoms with Crippen LogP contribution in [0.1, 0.15) is 22.7 Å². The molecular formula is C10H14ClF2N. The van der Waals surface area contributed by atoms with Crippen LogP contribution in [0.15, 0.2) is 18.2 Å². The van der Waals surface area contributed by atoms with Crippen molar-refractivity contribution in [1.29, 1.82) is 0 Å². The molecule has 14 heavy (non-hydrogen) atoms. The number of nitrogens with two attached hydrogens (primary N) is 1. The Morgan fingerprint density at radius 2 is 1.50 bits per heavy atom. The zero-order valence-corrected chi connectivity index (χ0v) is 8.94. The smallest absolute Gasteiger partial charge is 0.257 e. The molecular weight excluding hydrogens is 208 g/mol. The maximum absolute atomic E-state index is 12.3. The maximum Gasteiger partial charge on any atom is 0.257 e. The first-order valence-corrected chi connectivity index (χ1v) is 4.12. The van der Waals surface area contributed by atoms with Crippen molar-refractivity contribution in [3.8, 4) is 0 Å². The summed E-state index contributed by atoms with van der Waals surface area (Å²) in [4.78, 5) is 0. The van der Waals surface area contributed by atoms with Crippen molar-refractivity contribution in [1.82, 2.24) is 0 Å². The lowest BCUT2D eigenvalue weighted by atomic mass is 10.0. The molecule has 0 radical (unpaired) electrons. The molecule has 0 saturated carbocycles. The number of aryl methyl sites for hydroxylation is 2. The SMILES string of the molecule is Cc1cc(C)cc([C@H](N)C(F)F)c1.Cl. The van der Waals surface area contributed by atoms with Gasteiger partial charge in [0.15, 0.2) is 0 Å². The fourth-order valence-electron chi connectivity index (χ4n) is 1.35. The molecule has 0 aliphatic rings. The Morgan fingerprint density at radius 1 is 1.07 bits per heavy atom. The van der Waals surface area contributed by atoms with Crippen molar-refractivity contribution in [2.24, 2.45) is 5.73 Å². The third-order valence-electron chi connectivity index (χ3n) is 1.90. The first-order valence-electron chi connectivity index (χ1n) is 4.12. The lowest BCUT2D eigenvalue weighted by Crippen LogP contribution is -2.19. The average molecular weight is 222 g/mol. The quantitative estimate of drug-likeness (QED) is 0.817. The lowest BCUT2D eigenvalue weighted by Gasteiger charge is -2.12. The number of halogens is 3. The molecule has 0 saturated heterocycles. The van der Waals surface area contributed by atoms with E-state index in [9.17, 15) is 8.78 Å². The van der Waals surface area contributed by atoms with E-state index in [1.807, 2.05) is 19.9 Å². The van der Waals surface area contributed by atoms with Crippen molar-refractivity contribution < 1.29 is 8.78 Å². The van der Waals surface area contributed by atoms with Gasteiger partial charge >= 0.3 is 0 Å². The van der Waals surface area contributed by atoms with Crippen LogP contribution in [0.3, 0.4) is 0 Å². The molecule has 1 aromatic rings. The predicted molar refractivity (Wildman–Crippen MR) is 56.1 cm³/mol. The molecule has 0 fully saturated rings. The van der Waals surface area contributed by atoms with Crippen LogP contribution < -0.4 is 5.73 Å². The van der Waals surface area contributed by atoms with Gasteiger partial charge in [-0.2, -0.15) is 0 Å². The second-order valence-corrected chi connectivity index (χ2v) is 3.28. The molecule has 1 atom stereocenters. The Balaban J connectivity index is 0.00000169. The minimum absolute atomic E-state index is 0. The molecule has 0 heterocycles. The zero-order chi connectivity index (χ0) is 10.0. The molecule has 1 nitrogen and oxygen atoms in total. The summed E-state index contributed by atoms with van der Waals surface area (Å²) in [6, 6.07) is 4.16. The highest BCUT2D eigenvalue weighted by molar-refractivity contribution is 5.85. The summed E-state index contributed by atoms with van der Waals surface area (Å²) in [5, 5.41) is 0. The first kappa shape index (κ1) is 13.3. The molecule has 4 heteroatoms. The van der Waals surface area contributed by atoms with Crippen molar-refractivity contribution in [3.05, 3.63) is 34.9 Å². The largest absolute Gasteiger partial charge is 0.319 e. The van der Waals surface area contributed by atoms with Crippen molar-refractivity contribution in [3.63, 3.8) is 0 Å². The number of alkyl halides is 2. The van der Waals surface area contributed by atoms with Gasteiger partial charge in [0.05, 0.1) is 6.04 Å². The monoisotopic (exact) mass is 221 g/mol. The van der Waals surface area contributed by atoms with Crippen molar-refractivity contribution in [2.45, 2.75) is 26.3 Å². The third kappa shape index (κ3) is 3.24. The Labute approximate surface area is 88.7 Å². The Hall–Kier alpha value is -0.670. The van der Waals surface area contributed by atoms with Crippen LogP contribution in [0.4, 0.5) is 8.78 Å². The maximum atomic E-state index is 12.3. The normalized spacial score (nSPS) is 12.4. The fourth-order valence-corrected chi connectivity index (χ4v) is 1.35. The first-order chi connectivity index (χ1) is 6.00. The van der Waals surface area contributed by atoms with E-state index in [2.05, 4.69) is 0 Å². The zero-order valence-electron chi connectivity index (χ0n) is 8.13. The summed E-state index contributed by atoms with van der Waals surface area (Å²) in [5.41, 5.74) is 7.76. The van der Waals surface area contributed by atoms with Crippen LogP contribution in [0.2, 0.25) is 0 Å². The summed E-state index contributed by atoms with van der Waals surface area (Å²) in [6.45, 7) is 3.74. The van der Waals surface area contributed by atoms with Gasteiger partial charge in [0, 0.05) is 0 Å². The second-order valence-electron chi connectivity index (χ2n) is 3.28. The van der Waals surface area contributed by atoms with Gasteiger partial charge in [-0.05, 0) is 19.4 Å². The lowest BCUT2D eigenvalue weighted by molar-refractivity contribution is 0.116. The number of benzene rings is 1. The topological polar surface area (TPSA) is 26.0 Å². The van der Waals surface area contributed by atoms with Gasteiger partial charge in [-0.25, -0.2) is 8.78 Å². The van der Waals surface area contributed by atoms with E-state index < -0.39 is 12.5 Å². The molecule has 0 bridgehead atoms. The minimum Gasteiger partial charge on any atom is -0.319 e. The highest BCUT2D eigenvalue weighted by atomic mass is 35.5. The van der Waals surface area contributed by atoms with Crippen LogP contribution in [0.5, 0.6) is 0 Å². The molecule has 1 rings (SSSR count). The van der Waals surface area contributed by atoms with Gasteiger partial charge in [0.1, 0.15) is 0 Å². The number of hydrogen-bond acceptors (Lipinski definition) is 1. The van der Waals surface area contributed by atoms with Gasteiger partial charge < -0.3 is 5.73 Å². The molecule has 1 aromatic carbocycles. The van der Waals surface area contributed by atoms with Crippen LogP contribution in [0.25, 0.3) is 0 Å². The number of hydrogen-bond donors (Lipinski definition) is 1. The summed E-state index contributed by atoms with van der Waals surface area (Å²) >= 11 is 0. The van der Waals surface area contributed by atoms with Gasteiger partial charge in [-0.3, -0.25) is 0 Å². The van der Waals surface area contributed by atoms with Crippen LogP contribution in [0, 0.1) is 13.8 Å². The fraction of sp³-hybridized carbons (Fsp3) is 0.400. The van der Waals surface area contributed by atoms with E-state index in [-0.39, 0.29) is 12.4 Å². The molecule has 80 valence electrons. The van der Waals surface area contributed by atoms with E-state index in [0.717, 1.165) is 11.1 Å². The van der Waals surface area contributed by atoms with Gasteiger partial charge in [-0.15, -0.1) is 12.4 Å². The minimum atomic E-state index is -2.50. The molecule has 0 aliphatic carbocycles. The summed E-state index contributed by atoms with van der Waals surface area (Å²) in [6.07, 6.45) is -2.50. The third-order valence-corrected chi connectivity index (χ3v) is 1.90. The second kappa shape index (κ2) is 5.27. The van der Waals surface area contributed by atoms with Crippen LogP contribution in [-0.2, 0) is 0 Å². The van der Waals surface area contributed by atoms with E-state index in [0.29, 0.717) is 5.56 Å². The molecule has 0 aromatic heterocycles. The molecule has 0 spiro atoms. The van der Waals surface area contributed by atoms with E-state index in [1.165, 1.54) is 0 Å². The Morgan fingerprint density at radius 3 is 1.86 bits per heavy atom. The Bertz CT molecular complexity index is 282. The summed E-state index contributed by atoms with van der Waals surface area (Å²) < 4.78 is 24.5. The molecule has 0 amide bonds. The number of rotatable bonds is 2. The van der Waals surface area contributed by atoms with Crippen LogP contribution >= 0.6 is 12.4 Å². The highest BCUT2D eigenvalue weighted by Crippen LogP contribution is 2.20. The standard InChI is InChI=1S/C10H13F2N.ClH/c1-6-3-7(2)5-8(4-6)9(13)10(11)12;/h3-5,9-10H,13H2,1-2H3;1H/t9-;/m0./s1. The predicted octanol–water partition coefficient (Wildman–Crippen LogP) is 2.99. The van der Waals surface area contributed by atoms with E-state index in [4.69, 9.17) is 5.73 Å². The Kier molecular flexibility index (Phi) is 5.02.